The van der Waals surface area contributed by atoms with E-state index in [1.54, 1.807) is 0 Å². The summed E-state index contributed by atoms with van der Waals surface area (Å²) in [6, 6.07) is 9.08. The van der Waals surface area contributed by atoms with E-state index in [1.165, 1.54) is 24.2 Å². The Balaban J connectivity index is 1.73. The summed E-state index contributed by atoms with van der Waals surface area (Å²) in [5.74, 6) is 0.871. The number of guanidine groups is 1. The summed E-state index contributed by atoms with van der Waals surface area (Å²) >= 11 is 0. The molecule has 0 spiro atoms. The van der Waals surface area contributed by atoms with Gasteiger partial charge in [0.05, 0.1) is 0 Å². The number of likely N-dealkylation sites (N-methyl/N-ethyl adjacent to an activating group) is 1. The Hall–Kier alpha value is -1.59. The van der Waals surface area contributed by atoms with Gasteiger partial charge in [0.25, 0.3) is 0 Å². The van der Waals surface area contributed by atoms with Crippen LogP contribution in [0.15, 0.2) is 29.3 Å². The molecule has 1 aliphatic rings. The van der Waals surface area contributed by atoms with Crippen LogP contribution in [0.4, 0.5) is 0 Å². The first-order valence-electron chi connectivity index (χ1n) is 9.08. The minimum Gasteiger partial charge on any atom is -0.355 e. The van der Waals surface area contributed by atoms with E-state index in [9.17, 15) is 0 Å². The molecule has 0 bridgehead atoms. The zero-order valence-corrected chi connectivity index (χ0v) is 15.7. The van der Waals surface area contributed by atoms with Crippen LogP contribution in [0.25, 0.3) is 0 Å². The lowest BCUT2D eigenvalue weighted by atomic mass is 10.1. The molecule has 2 rings (SSSR count). The normalized spacial score (nSPS) is 18.4. The minimum absolute atomic E-state index is 0.515. The summed E-state index contributed by atoms with van der Waals surface area (Å²) < 4.78 is 0. The van der Waals surface area contributed by atoms with Crippen LogP contribution in [0.1, 0.15) is 25.0 Å². The van der Waals surface area contributed by atoms with Crippen molar-refractivity contribution in [1.82, 2.24) is 20.4 Å². The third kappa shape index (κ3) is 5.80. The highest BCUT2D eigenvalue weighted by Crippen LogP contribution is 2.06. The van der Waals surface area contributed by atoms with Crippen LogP contribution < -0.4 is 10.6 Å². The van der Waals surface area contributed by atoms with Crippen LogP contribution in [0, 0.1) is 6.92 Å². The Bertz CT molecular complexity index is 520. The standard InChI is InChI=1S/C19H33N5/c1-5-23-9-11-24(12-10-23)17(3)14-21-19(20-4)22-15-18-8-6-7-16(2)13-18/h6-8,13,17H,5,9-12,14-15H2,1-4H3,(H2,20,21,22). The molecule has 0 aliphatic carbocycles. The zero-order chi connectivity index (χ0) is 17.4. The fraction of sp³-hybridized carbons (Fsp3) is 0.632. The van der Waals surface area contributed by atoms with Crippen LogP contribution in [0.5, 0.6) is 0 Å². The lowest BCUT2D eigenvalue weighted by molar-refractivity contribution is 0.107. The topological polar surface area (TPSA) is 42.9 Å². The molecule has 134 valence electrons. The van der Waals surface area contributed by atoms with Crippen molar-refractivity contribution in [3.05, 3.63) is 35.4 Å². The average Bonchev–Trinajstić information content (AvgIpc) is 2.61. The number of piperazine rings is 1. The summed E-state index contributed by atoms with van der Waals surface area (Å²) in [7, 11) is 1.83. The van der Waals surface area contributed by atoms with Gasteiger partial charge in [0.15, 0.2) is 5.96 Å². The second-order valence-electron chi connectivity index (χ2n) is 6.61. The van der Waals surface area contributed by atoms with Gasteiger partial charge < -0.3 is 15.5 Å². The van der Waals surface area contributed by atoms with Gasteiger partial charge in [-0.3, -0.25) is 9.89 Å². The van der Waals surface area contributed by atoms with E-state index in [4.69, 9.17) is 0 Å². The Kier molecular flexibility index (Phi) is 7.53. The van der Waals surface area contributed by atoms with Crippen LogP contribution in [0.2, 0.25) is 0 Å². The first-order chi connectivity index (χ1) is 11.6. The molecule has 1 aromatic rings. The SMILES string of the molecule is CCN1CCN(C(C)CNC(=NC)NCc2cccc(C)c2)CC1. The van der Waals surface area contributed by atoms with Crippen molar-refractivity contribution >= 4 is 5.96 Å². The zero-order valence-electron chi connectivity index (χ0n) is 15.7. The highest BCUT2D eigenvalue weighted by Gasteiger charge is 2.20. The number of benzene rings is 1. The number of aliphatic imine (C=N–C) groups is 1. The Morgan fingerprint density at radius 2 is 1.96 bits per heavy atom. The van der Waals surface area contributed by atoms with Crippen molar-refractivity contribution in [2.24, 2.45) is 4.99 Å². The van der Waals surface area contributed by atoms with Gasteiger partial charge in [0.1, 0.15) is 0 Å². The van der Waals surface area contributed by atoms with Crippen LogP contribution in [-0.4, -0.2) is 68.1 Å². The molecule has 1 heterocycles. The van der Waals surface area contributed by atoms with Crippen molar-refractivity contribution in [2.75, 3.05) is 46.3 Å². The van der Waals surface area contributed by atoms with E-state index in [0.29, 0.717) is 6.04 Å². The Morgan fingerprint density at radius 1 is 1.21 bits per heavy atom. The molecular weight excluding hydrogens is 298 g/mol. The van der Waals surface area contributed by atoms with Gasteiger partial charge in [-0.25, -0.2) is 0 Å². The number of rotatable bonds is 6. The molecule has 1 atom stereocenters. The van der Waals surface area contributed by atoms with Crippen molar-refractivity contribution < 1.29 is 0 Å². The molecule has 5 heteroatoms. The molecule has 1 unspecified atom stereocenters. The molecule has 0 aromatic heterocycles. The molecule has 24 heavy (non-hydrogen) atoms. The molecule has 0 radical (unpaired) electrons. The second-order valence-corrected chi connectivity index (χ2v) is 6.61. The third-order valence-electron chi connectivity index (χ3n) is 4.81. The second kappa shape index (κ2) is 9.64. The van der Waals surface area contributed by atoms with Gasteiger partial charge in [-0.15, -0.1) is 0 Å². The summed E-state index contributed by atoms with van der Waals surface area (Å²) in [5.41, 5.74) is 2.57. The number of hydrogen-bond donors (Lipinski definition) is 2. The van der Waals surface area contributed by atoms with Crippen molar-refractivity contribution in [2.45, 2.75) is 33.4 Å². The molecule has 2 N–H and O–H groups in total. The van der Waals surface area contributed by atoms with E-state index in [0.717, 1.165) is 38.7 Å². The minimum atomic E-state index is 0.515. The highest BCUT2D eigenvalue weighted by molar-refractivity contribution is 5.79. The predicted octanol–water partition coefficient (Wildman–Crippen LogP) is 1.69. The van der Waals surface area contributed by atoms with Crippen molar-refractivity contribution in [3.63, 3.8) is 0 Å². The summed E-state index contributed by atoms with van der Waals surface area (Å²) in [6.45, 7) is 14.2. The summed E-state index contributed by atoms with van der Waals surface area (Å²) in [6.07, 6.45) is 0. The first-order valence-corrected chi connectivity index (χ1v) is 9.08. The van der Waals surface area contributed by atoms with Crippen molar-refractivity contribution in [3.8, 4) is 0 Å². The number of nitrogens with one attached hydrogen (secondary N) is 2. The van der Waals surface area contributed by atoms with Gasteiger partial charge >= 0.3 is 0 Å². The fourth-order valence-electron chi connectivity index (χ4n) is 3.12. The fourth-order valence-corrected chi connectivity index (χ4v) is 3.12. The maximum Gasteiger partial charge on any atom is 0.191 e. The van der Waals surface area contributed by atoms with Gasteiger partial charge in [-0.05, 0) is 26.0 Å². The van der Waals surface area contributed by atoms with Crippen molar-refractivity contribution in [1.29, 1.82) is 0 Å². The Labute approximate surface area is 147 Å². The predicted molar refractivity (Wildman–Crippen MR) is 103 cm³/mol. The molecule has 5 nitrogen and oxygen atoms in total. The van der Waals surface area contributed by atoms with Crippen LogP contribution >= 0.6 is 0 Å². The molecule has 0 amide bonds. The Morgan fingerprint density at radius 3 is 2.58 bits per heavy atom. The molecular formula is C19H33N5. The van der Waals surface area contributed by atoms with Gasteiger partial charge in [-0.2, -0.15) is 0 Å². The van der Waals surface area contributed by atoms with Crippen LogP contribution in [-0.2, 0) is 6.54 Å². The summed E-state index contributed by atoms with van der Waals surface area (Å²) in [4.78, 5) is 9.41. The molecule has 1 fully saturated rings. The number of hydrogen-bond acceptors (Lipinski definition) is 3. The van der Waals surface area contributed by atoms with Gasteiger partial charge in [-0.1, -0.05) is 36.8 Å². The van der Waals surface area contributed by atoms with E-state index in [1.807, 2.05) is 7.05 Å². The van der Waals surface area contributed by atoms with E-state index < -0.39 is 0 Å². The quantitative estimate of drug-likeness (QED) is 0.615. The molecule has 1 saturated heterocycles. The van der Waals surface area contributed by atoms with Crippen LogP contribution in [0.3, 0.4) is 0 Å². The number of aryl methyl sites for hydroxylation is 1. The van der Waals surface area contributed by atoms with Gasteiger partial charge in [0, 0.05) is 52.4 Å². The first kappa shape index (κ1) is 18.7. The summed E-state index contributed by atoms with van der Waals surface area (Å²) in [5, 5.41) is 6.86. The molecule has 1 aromatic carbocycles. The maximum atomic E-state index is 4.34. The highest BCUT2D eigenvalue weighted by atomic mass is 15.3. The maximum absolute atomic E-state index is 4.34. The van der Waals surface area contributed by atoms with E-state index in [-0.39, 0.29) is 0 Å². The number of nitrogens with zero attached hydrogens (tertiary/aromatic N) is 3. The smallest absolute Gasteiger partial charge is 0.191 e. The lowest BCUT2D eigenvalue weighted by Crippen LogP contribution is -2.53. The molecule has 1 aliphatic heterocycles. The lowest BCUT2D eigenvalue weighted by Gasteiger charge is -2.37. The third-order valence-corrected chi connectivity index (χ3v) is 4.81. The van der Waals surface area contributed by atoms with E-state index >= 15 is 0 Å². The van der Waals surface area contributed by atoms with Gasteiger partial charge in [0.2, 0.25) is 0 Å². The largest absolute Gasteiger partial charge is 0.355 e. The molecule has 0 saturated carbocycles. The monoisotopic (exact) mass is 331 g/mol. The van der Waals surface area contributed by atoms with E-state index in [2.05, 4.69) is 70.5 Å². The average molecular weight is 332 g/mol.